The predicted molar refractivity (Wildman–Crippen MR) is 70.5 cm³/mol. The minimum atomic E-state index is -5.00. The molecular weight excluding hydrogens is 323 g/mol. The molecule has 0 aliphatic carbocycles. The van der Waals surface area contributed by atoms with Crippen LogP contribution in [-0.4, -0.2) is 41.4 Å². The number of carbonyl (C=O) groups excluding carboxylic acids is 1. The summed E-state index contributed by atoms with van der Waals surface area (Å²) in [5, 5.41) is 10.8. The Balaban J connectivity index is 2.27. The summed E-state index contributed by atoms with van der Waals surface area (Å²) < 4.78 is 66.4. The number of amides is 2. The lowest BCUT2D eigenvalue weighted by Gasteiger charge is -2.28. The quantitative estimate of drug-likeness (QED) is 0.833. The molecule has 1 saturated heterocycles. The van der Waals surface area contributed by atoms with Gasteiger partial charge in [-0.3, -0.25) is 0 Å². The van der Waals surface area contributed by atoms with Crippen molar-refractivity contribution >= 4 is 6.03 Å². The van der Waals surface area contributed by atoms with E-state index in [1.165, 1.54) is 0 Å². The Morgan fingerprint density at radius 2 is 2.09 bits per heavy atom. The first-order valence-electron chi connectivity index (χ1n) is 6.94. The van der Waals surface area contributed by atoms with Crippen LogP contribution in [0.4, 0.5) is 26.7 Å². The summed E-state index contributed by atoms with van der Waals surface area (Å²) in [6.45, 7) is -0.189. The molecule has 2 rings (SSSR count). The van der Waals surface area contributed by atoms with Gasteiger partial charge in [-0.25, -0.2) is 13.6 Å². The number of alkyl halides is 3. The van der Waals surface area contributed by atoms with Crippen molar-refractivity contribution in [3.05, 3.63) is 35.4 Å². The fourth-order valence-corrected chi connectivity index (χ4v) is 2.58. The van der Waals surface area contributed by atoms with Gasteiger partial charge >= 0.3 is 12.2 Å². The summed E-state index contributed by atoms with van der Waals surface area (Å²) in [7, 11) is 0. The van der Waals surface area contributed by atoms with Gasteiger partial charge in [0.1, 0.15) is 0 Å². The first-order chi connectivity index (χ1) is 10.8. The number of urea groups is 1. The highest BCUT2D eigenvalue weighted by atomic mass is 19.4. The Hall–Kier alpha value is -1.90. The number of benzene rings is 1. The molecule has 0 bridgehead atoms. The Bertz CT molecular complexity index is 579. The number of hydrogen-bond donors (Lipinski definition) is 2. The largest absolute Gasteiger partial charge is 0.413 e. The van der Waals surface area contributed by atoms with Crippen LogP contribution in [0.15, 0.2) is 18.2 Å². The fraction of sp³-hybridized carbons (Fsp3) is 0.500. The van der Waals surface area contributed by atoms with Crippen molar-refractivity contribution in [3.8, 4) is 0 Å². The monoisotopic (exact) mass is 338 g/mol. The van der Waals surface area contributed by atoms with E-state index in [2.05, 4.69) is 0 Å². The third-order valence-electron chi connectivity index (χ3n) is 3.74. The highest BCUT2D eigenvalue weighted by molar-refractivity contribution is 5.75. The standard InChI is InChI=1S/C14H15F5N2O2/c15-10-5-1-4-9(11(10)16)12(14(17,18)19)20-13(23)21-6-2-3-8(21)7-22/h1,4-5,8,12,22H,2-3,6-7H2,(H,20,23)/t8-,12?/m0/s1. The van der Waals surface area contributed by atoms with Gasteiger partial charge in [0, 0.05) is 12.1 Å². The van der Waals surface area contributed by atoms with E-state index in [0.29, 0.717) is 18.9 Å². The summed E-state index contributed by atoms with van der Waals surface area (Å²) in [5.41, 5.74) is -0.995. The van der Waals surface area contributed by atoms with Gasteiger partial charge < -0.3 is 15.3 Å². The molecule has 1 aromatic carbocycles. The Labute approximate surface area is 128 Å². The molecule has 2 atom stereocenters. The molecule has 0 aromatic heterocycles. The van der Waals surface area contributed by atoms with E-state index in [1.54, 1.807) is 5.32 Å². The maximum atomic E-state index is 13.7. The predicted octanol–water partition coefficient (Wildman–Crippen LogP) is 2.73. The van der Waals surface area contributed by atoms with Crippen LogP contribution in [0.5, 0.6) is 0 Å². The molecule has 2 amide bonds. The maximum Gasteiger partial charge on any atom is 0.413 e. The second-order valence-electron chi connectivity index (χ2n) is 5.24. The minimum Gasteiger partial charge on any atom is -0.394 e. The third-order valence-corrected chi connectivity index (χ3v) is 3.74. The van der Waals surface area contributed by atoms with Gasteiger partial charge in [-0.15, -0.1) is 0 Å². The van der Waals surface area contributed by atoms with Crippen LogP contribution in [0.3, 0.4) is 0 Å². The average molecular weight is 338 g/mol. The number of halogens is 5. The smallest absolute Gasteiger partial charge is 0.394 e. The number of nitrogens with zero attached hydrogens (tertiary/aromatic N) is 1. The van der Waals surface area contributed by atoms with Gasteiger partial charge in [-0.1, -0.05) is 12.1 Å². The second kappa shape index (κ2) is 6.69. The Morgan fingerprint density at radius 1 is 1.39 bits per heavy atom. The van der Waals surface area contributed by atoms with Crippen LogP contribution < -0.4 is 5.32 Å². The molecule has 1 heterocycles. The van der Waals surface area contributed by atoms with E-state index in [1.807, 2.05) is 0 Å². The van der Waals surface area contributed by atoms with Crippen LogP contribution in [0, 0.1) is 11.6 Å². The average Bonchev–Trinajstić information content (AvgIpc) is 2.95. The summed E-state index contributed by atoms with van der Waals surface area (Å²) in [4.78, 5) is 13.1. The normalized spacial score (nSPS) is 19.7. The van der Waals surface area contributed by atoms with Gasteiger partial charge in [0.15, 0.2) is 17.7 Å². The summed E-state index contributed by atoms with van der Waals surface area (Å²) in [6.07, 6.45) is -3.99. The van der Waals surface area contributed by atoms with Crippen molar-refractivity contribution in [3.63, 3.8) is 0 Å². The van der Waals surface area contributed by atoms with Gasteiger partial charge in [-0.2, -0.15) is 13.2 Å². The van der Waals surface area contributed by atoms with Gasteiger partial charge in [0.25, 0.3) is 0 Å². The van der Waals surface area contributed by atoms with Crippen LogP contribution >= 0.6 is 0 Å². The van der Waals surface area contributed by atoms with Crippen molar-refractivity contribution in [2.75, 3.05) is 13.2 Å². The second-order valence-corrected chi connectivity index (χ2v) is 5.24. The lowest BCUT2D eigenvalue weighted by atomic mass is 10.1. The van der Waals surface area contributed by atoms with Crippen molar-refractivity contribution < 1.29 is 31.9 Å². The first-order valence-corrected chi connectivity index (χ1v) is 6.94. The number of aliphatic hydroxyl groups excluding tert-OH is 1. The zero-order valence-electron chi connectivity index (χ0n) is 11.9. The summed E-state index contributed by atoms with van der Waals surface area (Å²) in [5.74, 6) is -3.09. The molecule has 128 valence electrons. The maximum absolute atomic E-state index is 13.7. The topological polar surface area (TPSA) is 52.6 Å². The first kappa shape index (κ1) is 17.5. The minimum absolute atomic E-state index is 0.188. The molecule has 1 unspecified atom stereocenters. The van der Waals surface area contributed by atoms with Gasteiger partial charge in [0.05, 0.1) is 12.6 Å². The van der Waals surface area contributed by atoms with Crippen molar-refractivity contribution in [2.24, 2.45) is 0 Å². The van der Waals surface area contributed by atoms with Crippen LogP contribution in [0.1, 0.15) is 24.4 Å². The Morgan fingerprint density at radius 3 is 2.70 bits per heavy atom. The highest BCUT2D eigenvalue weighted by Crippen LogP contribution is 2.35. The molecule has 9 heteroatoms. The molecule has 1 aliphatic heterocycles. The molecule has 23 heavy (non-hydrogen) atoms. The molecule has 1 aromatic rings. The molecule has 0 spiro atoms. The Kier molecular flexibility index (Phi) is 5.08. The number of likely N-dealkylation sites (tertiary alicyclic amines) is 1. The van der Waals surface area contributed by atoms with E-state index >= 15 is 0 Å². The lowest BCUT2D eigenvalue weighted by Crippen LogP contribution is -2.48. The number of carbonyl (C=O) groups is 1. The van der Waals surface area contributed by atoms with Crippen LogP contribution in [-0.2, 0) is 0 Å². The number of aliphatic hydroxyl groups is 1. The molecule has 2 N–H and O–H groups in total. The van der Waals surface area contributed by atoms with E-state index in [9.17, 15) is 26.7 Å². The van der Waals surface area contributed by atoms with E-state index in [0.717, 1.165) is 17.0 Å². The molecular formula is C14H15F5N2O2. The summed E-state index contributed by atoms with van der Waals surface area (Å²) in [6, 6.07) is -1.94. The highest BCUT2D eigenvalue weighted by Gasteiger charge is 2.45. The van der Waals surface area contributed by atoms with Crippen LogP contribution in [0.25, 0.3) is 0 Å². The zero-order valence-corrected chi connectivity index (χ0v) is 11.9. The number of hydrogen-bond acceptors (Lipinski definition) is 2. The SMILES string of the molecule is O=C(NC(c1cccc(F)c1F)C(F)(F)F)N1CCC[C@H]1CO. The van der Waals surface area contributed by atoms with Crippen molar-refractivity contribution in [2.45, 2.75) is 31.1 Å². The van der Waals surface area contributed by atoms with Gasteiger partial charge in [0.2, 0.25) is 0 Å². The van der Waals surface area contributed by atoms with Crippen LogP contribution in [0.2, 0.25) is 0 Å². The van der Waals surface area contributed by atoms with Crippen molar-refractivity contribution in [1.29, 1.82) is 0 Å². The number of nitrogens with one attached hydrogen (secondary N) is 1. The lowest BCUT2D eigenvalue weighted by molar-refractivity contribution is -0.156. The summed E-state index contributed by atoms with van der Waals surface area (Å²) >= 11 is 0. The third kappa shape index (κ3) is 3.72. The molecule has 4 nitrogen and oxygen atoms in total. The molecule has 1 aliphatic rings. The molecule has 0 saturated carbocycles. The fourth-order valence-electron chi connectivity index (χ4n) is 2.58. The number of rotatable bonds is 3. The zero-order chi connectivity index (χ0) is 17.2. The molecule has 1 fully saturated rings. The van der Waals surface area contributed by atoms with E-state index in [-0.39, 0.29) is 13.2 Å². The van der Waals surface area contributed by atoms with Crippen molar-refractivity contribution in [1.82, 2.24) is 10.2 Å². The molecule has 0 radical (unpaired) electrons. The van der Waals surface area contributed by atoms with E-state index in [4.69, 9.17) is 5.11 Å². The van der Waals surface area contributed by atoms with E-state index < -0.39 is 41.5 Å². The van der Waals surface area contributed by atoms with Gasteiger partial charge in [-0.05, 0) is 18.9 Å².